The number of pyridine rings is 1. The molecule has 1 saturated heterocycles. The van der Waals surface area contributed by atoms with Crippen molar-refractivity contribution in [1.29, 1.82) is 0 Å². The second kappa shape index (κ2) is 9.87. The zero-order valence-corrected chi connectivity index (χ0v) is 18.8. The predicted octanol–water partition coefficient (Wildman–Crippen LogP) is 1.34. The van der Waals surface area contributed by atoms with Crippen LogP contribution in [0, 0.1) is 6.92 Å². The number of aromatic amines is 2. The van der Waals surface area contributed by atoms with E-state index < -0.39 is 12.0 Å². The first-order valence-corrected chi connectivity index (χ1v) is 11.0. The standard InChI is InChI=1S/C12H14N4O2.C11H13N3O2/c17-8-15-6-3-9(4-7-15)16-10-2-1-5-13-11(10)14-12(16)18;1-6-2-7(4-9(12)11(15)16)3-8-5-13-14-10(6)8/h1-2,5,8-9H,3-4,6-7H2,(H,13,14,18);2-3,5,9H,4,12H2,1H3,(H,13,14)(H,15,16). The predicted molar refractivity (Wildman–Crippen MR) is 126 cm³/mol. The van der Waals surface area contributed by atoms with Gasteiger partial charge in [0.1, 0.15) is 6.04 Å². The lowest BCUT2D eigenvalue weighted by molar-refractivity contribution is -0.138. The summed E-state index contributed by atoms with van der Waals surface area (Å²) in [4.78, 5) is 42.0. The molecule has 1 aliphatic rings. The molecule has 11 nitrogen and oxygen atoms in total. The monoisotopic (exact) mass is 465 g/mol. The Bertz CT molecular complexity index is 1360. The number of nitrogens with two attached hydrogens (primary N) is 1. The topological polar surface area (TPSA) is 163 Å². The number of nitrogens with zero attached hydrogens (tertiary/aromatic N) is 4. The molecule has 34 heavy (non-hydrogen) atoms. The van der Waals surface area contributed by atoms with Crippen molar-refractivity contribution in [3.05, 3.63) is 58.3 Å². The number of carbonyl (C=O) groups is 2. The van der Waals surface area contributed by atoms with Crippen molar-refractivity contribution in [2.45, 2.75) is 38.3 Å². The molecule has 0 spiro atoms. The molecule has 1 unspecified atom stereocenters. The molecule has 0 aliphatic carbocycles. The maximum absolute atomic E-state index is 12.0. The van der Waals surface area contributed by atoms with Crippen LogP contribution in [0.4, 0.5) is 0 Å². The highest BCUT2D eigenvalue weighted by molar-refractivity contribution is 5.82. The molecule has 4 aromatic rings. The number of likely N-dealkylation sites (tertiary alicyclic amines) is 1. The minimum Gasteiger partial charge on any atom is -0.480 e. The van der Waals surface area contributed by atoms with Crippen molar-refractivity contribution < 1.29 is 14.7 Å². The minimum atomic E-state index is -0.982. The van der Waals surface area contributed by atoms with Crippen LogP contribution in [-0.4, -0.2) is 66.2 Å². The van der Waals surface area contributed by atoms with E-state index in [-0.39, 0.29) is 11.7 Å². The molecule has 1 aromatic carbocycles. The average Bonchev–Trinajstić information content (AvgIpc) is 3.43. The summed E-state index contributed by atoms with van der Waals surface area (Å²) in [6.07, 6.45) is 6.20. The van der Waals surface area contributed by atoms with Crippen LogP contribution in [0.15, 0.2) is 41.5 Å². The van der Waals surface area contributed by atoms with E-state index in [2.05, 4.69) is 20.2 Å². The van der Waals surface area contributed by atoms with Gasteiger partial charge in [0.2, 0.25) is 6.41 Å². The van der Waals surface area contributed by atoms with E-state index in [0.717, 1.165) is 46.8 Å². The van der Waals surface area contributed by atoms with Gasteiger partial charge in [-0.1, -0.05) is 6.07 Å². The average molecular weight is 466 g/mol. The molecular weight excluding hydrogens is 438 g/mol. The van der Waals surface area contributed by atoms with Gasteiger partial charge in [0.25, 0.3) is 0 Å². The van der Waals surface area contributed by atoms with Gasteiger partial charge in [-0.25, -0.2) is 9.78 Å². The van der Waals surface area contributed by atoms with Crippen LogP contribution in [0.3, 0.4) is 0 Å². The fourth-order valence-electron chi connectivity index (χ4n) is 4.34. The van der Waals surface area contributed by atoms with Gasteiger partial charge in [-0.15, -0.1) is 0 Å². The number of carboxylic acids is 1. The van der Waals surface area contributed by atoms with Crippen LogP contribution >= 0.6 is 0 Å². The summed E-state index contributed by atoms with van der Waals surface area (Å²) in [6, 6.07) is 6.85. The van der Waals surface area contributed by atoms with E-state index in [9.17, 15) is 14.4 Å². The summed E-state index contributed by atoms with van der Waals surface area (Å²) >= 11 is 0. The van der Waals surface area contributed by atoms with Gasteiger partial charge >= 0.3 is 11.7 Å². The molecule has 1 fully saturated rings. The maximum Gasteiger partial charge on any atom is 0.327 e. The Kier molecular flexibility index (Phi) is 6.73. The molecule has 1 atom stereocenters. The summed E-state index contributed by atoms with van der Waals surface area (Å²) in [7, 11) is 0. The van der Waals surface area contributed by atoms with Gasteiger partial charge in [-0.3, -0.25) is 24.2 Å². The number of aromatic nitrogens is 5. The first-order chi connectivity index (χ1) is 16.4. The first-order valence-electron chi connectivity index (χ1n) is 11.0. The smallest absolute Gasteiger partial charge is 0.327 e. The Labute approximate surface area is 194 Å². The molecule has 0 bridgehead atoms. The van der Waals surface area contributed by atoms with Crippen molar-refractivity contribution in [3.63, 3.8) is 0 Å². The molecule has 0 saturated carbocycles. The molecule has 1 amide bonds. The van der Waals surface area contributed by atoms with Gasteiger partial charge in [-0.2, -0.15) is 5.10 Å². The lowest BCUT2D eigenvalue weighted by Crippen LogP contribution is -2.36. The maximum atomic E-state index is 12.0. The number of hydrogen-bond acceptors (Lipinski definition) is 6. The summed E-state index contributed by atoms with van der Waals surface area (Å²) in [6.45, 7) is 3.36. The summed E-state index contributed by atoms with van der Waals surface area (Å²) in [5, 5.41) is 16.6. The second-order valence-corrected chi connectivity index (χ2v) is 8.44. The van der Waals surface area contributed by atoms with E-state index in [1.54, 1.807) is 21.9 Å². The third kappa shape index (κ3) is 4.84. The van der Waals surface area contributed by atoms with Crippen molar-refractivity contribution in [2.75, 3.05) is 13.1 Å². The summed E-state index contributed by atoms with van der Waals surface area (Å²) in [5.41, 5.74) is 9.78. The van der Waals surface area contributed by atoms with Crippen LogP contribution in [0.5, 0.6) is 0 Å². The minimum absolute atomic E-state index is 0.117. The number of carboxylic acid groups (broad SMARTS) is 1. The normalized spacial score (nSPS) is 15.2. The Morgan fingerprint density at radius 2 is 2.12 bits per heavy atom. The fraction of sp³-hybridized carbons (Fsp3) is 0.348. The van der Waals surface area contributed by atoms with E-state index in [1.807, 2.05) is 31.2 Å². The second-order valence-electron chi connectivity index (χ2n) is 8.44. The quantitative estimate of drug-likeness (QED) is 0.323. The van der Waals surface area contributed by atoms with Crippen molar-refractivity contribution in [3.8, 4) is 0 Å². The fourth-order valence-corrected chi connectivity index (χ4v) is 4.34. The van der Waals surface area contributed by atoms with Crippen LogP contribution < -0.4 is 11.4 Å². The largest absolute Gasteiger partial charge is 0.480 e. The zero-order valence-electron chi connectivity index (χ0n) is 18.8. The van der Waals surface area contributed by atoms with Crippen molar-refractivity contribution in [1.82, 2.24) is 29.6 Å². The highest BCUT2D eigenvalue weighted by Crippen LogP contribution is 2.23. The summed E-state index contributed by atoms with van der Waals surface area (Å²) in [5.74, 6) is -0.982. The number of H-pyrrole nitrogens is 2. The van der Waals surface area contributed by atoms with Crippen LogP contribution in [-0.2, 0) is 16.0 Å². The highest BCUT2D eigenvalue weighted by Gasteiger charge is 2.22. The molecular formula is C23H27N7O4. The van der Waals surface area contributed by atoms with Crippen LogP contribution in [0.1, 0.15) is 30.0 Å². The molecule has 11 heteroatoms. The summed E-state index contributed by atoms with van der Waals surface area (Å²) < 4.78 is 1.77. The number of nitrogens with one attached hydrogen (secondary N) is 2. The number of fused-ring (bicyclic) bond motifs is 2. The zero-order chi connectivity index (χ0) is 24.2. The lowest BCUT2D eigenvalue weighted by atomic mass is 10.0. The number of piperidine rings is 1. The van der Waals surface area contributed by atoms with Gasteiger partial charge in [-0.05, 0) is 55.5 Å². The lowest BCUT2D eigenvalue weighted by Gasteiger charge is -2.29. The van der Waals surface area contributed by atoms with E-state index in [1.165, 1.54) is 0 Å². The Morgan fingerprint density at radius 3 is 2.82 bits per heavy atom. The van der Waals surface area contributed by atoms with Gasteiger partial charge < -0.3 is 15.7 Å². The number of aryl methyl sites for hydroxylation is 1. The number of amides is 1. The SMILES string of the molecule is Cc1cc(CC(N)C(=O)O)cc2cn[nH]c12.O=CN1CCC(n2c(=O)[nH]c3ncccc32)CC1. The molecule has 5 N–H and O–H groups in total. The number of imidazole rings is 1. The molecule has 4 heterocycles. The number of aliphatic carboxylic acids is 1. The molecule has 178 valence electrons. The van der Waals surface area contributed by atoms with Crippen molar-refractivity contribution >= 4 is 34.4 Å². The van der Waals surface area contributed by atoms with Crippen LogP contribution in [0.2, 0.25) is 0 Å². The van der Waals surface area contributed by atoms with E-state index >= 15 is 0 Å². The highest BCUT2D eigenvalue weighted by atomic mass is 16.4. The first kappa shape index (κ1) is 23.2. The number of carbonyl (C=O) groups excluding carboxylic acids is 1. The number of benzene rings is 1. The molecule has 3 aromatic heterocycles. The number of hydrogen-bond donors (Lipinski definition) is 4. The van der Waals surface area contributed by atoms with Gasteiger partial charge in [0.05, 0.1) is 17.2 Å². The van der Waals surface area contributed by atoms with E-state index in [0.29, 0.717) is 25.2 Å². The van der Waals surface area contributed by atoms with Crippen molar-refractivity contribution in [2.24, 2.45) is 5.73 Å². The Morgan fingerprint density at radius 1 is 1.35 bits per heavy atom. The van der Waals surface area contributed by atoms with E-state index in [4.69, 9.17) is 10.8 Å². The Hall–Kier alpha value is -3.99. The molecule has 0 radical (unpaired) electrons. The van der Waals surface area contributed by atoms with Crippen LogP contribution in [0.25, 0.3) is 22.1 Å². The molecule has 1 aliphatic heterocycles. The van der Waals surface area contributed by atoms with Gasteiger partial charge in [0, 0.05) is 30.7 Å². The Balaban J connectivity index is 0.000000162. The van der Waals surface area contributed by atoms with Gasteiger partial charge in [0.15, 0.2) is 5.65 Å². The third-order valence-corrected chi connectivity index (χ3v) is 6.08. The molecule has 5 rings (SSSR count). The third-order valence-electron chi connectivity index (χ3n) is 6.08. The number of rotatable bonds is 5.